The Kier molecular flexibility index (Phi) is 3.90. The Balaban J connectivity index is 2.14. The van der Waals surface area contributed by atoms with Gasteiger partial charge in [-0.2, -0.15) is 0 Å². The van der Waals surface area contributed by atoms with E-state index < -0.39 is 11.2 Å². The summed E-state index contributed by atoms with van der Waals surface area (Å²) in [5, 5.41) is 9.76. The van der Waals surface area contributed by atoms with E-state index in [1.165, 1.54) is 0 Å². The van der Waals surface area contributed by atoms with Crippen molar-refractivity contribution in [2.75, 3.05) is 10.7 Å². The lowest BCUT2D eigenvalue weighted by molar-refractivity contribution is -0.301. The first-order valence-electron chi connectivity index (χ1n) is 5.74. The highest BCUT2D eigenvalue weighted by molar-refractivity contribution is 8.01. The van der Waals surface area contributed by atoms with Crippen molar-refractivity contribution in [3.05, 3.63) is 29.8 Å². The number of hydrogen-bond acceptors (Lipinski definition) is 5. The zero-order valence-electron chi connectivity index (χ0n) is 10.3. The van der Waals surface area contributed by atoms with Gasteiger partial charge in [0.25, 0.3) is 0 Å². The molecule has 1 fully saturated rings. The second kappa shape index (κ2) is 5.44. The number of anilines is 1. The number of aryl methyl sites for hydroxylation is 1. The number of carboxylic acids is 1. The van der Waals surface area contributed by atoms with Crippen molar-refractivity contribution in [2.45, 2.75) is 18.6 Å². The Labute approximate surface area is 114 Å². The maximum atomic E-state index is 12.1. The number of rotatable bonds is 4. The molecule has 0 aliphatic carbocycles. The van der Waals surface area contributed by atoms with E-state index in [1.807, 2.05) is 19.1 Å². The first-order valence-corrected chi connectivity index (χ1v) is 6.79. The Hall–Kier alpha value is -1.82. The van der Waals surface area contributed by atoms with Gasteiger partial charge in [0, 0.05) is 12.2 Å². The van der Waals surface area contributed by atoms with Gasteiger partial charge in [0.15, 0.2) is 0 Å². The number of thioether (sulfide) groups is 1. The molecule has 0 saturated carbocycles. The van der Waals surface area contributed by atoms with E-state index >= 15 is 0 Å². The smallest absolute Gasteiger partial charge is 0.247 e. The molecule has 2 amide bonds. The summed E-state index contributed by atoms with van der Waals surface area (Å²) >= 11 is 0.931. The van der Waals surface area contributed by atoms with Crippen LogP contribution in [-0.4, -0.2) is 28.8 Å². The minimum atomic E-state index is -1.24. The number of imide groups is 1. The predicted molar refractivity (Wildman–Crippen MR) is 69.5 cm³/mol. The average Bonchev–Trinajstić information content (AvgIpc) is 2.63. The van der Waals surface area contributed by atoms with Crippen LogP contribution in [0.3, 0.4) is 0 Å². The number of amides is 2. The molecule has 1 heterocycles. The summed E-state index contributed by atoms with van der Waals surface area (Å²) in [7, 11) is 0. The van der Waals surface area contributed by atoms with E-state index in [1.54, 1.807) is 12.1 Å². The lowest BCUT2D eigenvalue weighted by Gasteiger charge is -2.15. The molecule has 0 bridgehead atoms. The van der Waals surface area contributed by atoms with Crippen LogP contribution >= 0.6 is 11.8 Å². The minimum absolute atomic E-state index is 0.0324. The highest BCUT2D eigenvalue weighted by Crippen LogP contribution is 2.29. The molecule has 6 heteroatoms. The monoisotopic (exact) mass is 278 g/mol. The first kappa shape index (κ1) is 13.6. The molecule has 0 aromatic heterocycles. The van der Waals surface area contributed by atoms with Crippen LogP contribution in [0.15, 0.2) is 24.3 Å². The molecule has 0 N–H and O–H groups in total. The highest BCUT2D eigenvalue weighted by Gasteiger charge is 2.39. The maximum absolute atomic E-state index is 12.1. The summed E-state index contributed by atoms with van der Waals surface area (Å²) in [4.78, 5) is 35.4. The lowest BCUT2D eigenvalue weighted by atomic mass is 10.2. The molecule has 19 heavy (non-hydrogen) atoms. The van der Waals surface area contributed by atoms with Crippen LogP contribution in [0.2, 0.25) is 0 Å². The number of nitrogens with zero attached hydrogens (tertiary/aromatic N) is 1. The zero-order chi connectivity index (χ0) is 14.0. The first-order chi connectivity index (χ1) is 8.99. The number of hydrogen-bond donors (Lipinski definition) is 0. The van der Waals surface area contributed by atoms with Crippen molar-refractivity contribution in [2.24, 2.45) is 0 Å². The second-order valence-corrected chi connectivity index (χ2v) is 5.47. The van der Waals surface area contributed by atoms with E-state index in [-0.39, 0.29) is 24.0 Å². The Morgan fingerprint density at radius 1 is 1.37 bits per heavy atom. The third kappa shape index (κ3) is 2.96. The zero-order valence-corrected chi connectivity index (χ0v) is 11.1. The molecule has 100 valence electrons. The molecule has 0 spiro atoms. The molecular weight excluding hydrogens is 266 g/mol. The van der Waals surface area contributed by atoms with Crippen molar-refractivity contribution in [1.82, 2.24) is 0 Å². The molecule has 1 aliphatic heterocycles. The van der Waals surface area contributed by atoms with E-state index in [0.29, 0.717) is 5.69 Å². The fourth-order valence-corrected chi connectivity index (χ4v) is 2.71. The average molecular weight is 278 g/mol. The van der Waals surface area contributed by atoms with Gasteiger partial charge >= 0.3 is 0 Å². The number of carbonyl (C=O) groups excluding carboxylic acids is 3. The molecule has 1 aliphatic rings. The van der Waals surface area contributed by atoms with Crippen molar-refractivity contribution in [3.63, 3.8) is 0 Å². The van der Waals surface area contributed by atoms with Crippen molar-refractivity contribution < 1.29 is 19.5 Å². The van der Waals surface area contributed by atoms with Gasteiger partial charge in [-0.25, -0.2) is 4.90 Å². The highest BCUT2D eigenvalue weighted by atomic mass is 32.2. The van der Waals surface area contributed by atoms with Crippen LogP contribution in [0, 0.1) is 6.92 Å². The minimum Gasteiger partial charge on any atom is -0.549 e. The maximum Gasteiger partial charge on any atom is 0.247 e. The predicted octanol–water partition coefficient (Wildman–Crippen LogP) is 0.110. The topological polar surface area (TPSA) is 77.5 Å². The molecule has 1 atom stereocenters. The van der Waals surface area contributed by atoms with Crippen molar-refractivity contribution >= 4 is 35.2 Å². The van der Waals surface area contributed by atoms with Gasteiger partial charge in [0.05, 0.1) is 16.9 Å². The van der Waals surface area contributed by atoms with Gasteiger partial charge in [-0.1, -0.05) is 17.7 Å². The summed E-state index contributed by atoms with van der Waals surface area (Å²) in [5.41, 5.74) is 1.56. The molecule has 1 saturated heterocycles. The number of aliphatic carboxylic acids is 1. The third-order valence-corrected chi connectivity index (χ3v) is 3.97. The fraction of sp³-hybridized carbons (Fsp3) is 0.308. The van der Waals surface area contributed by atoms with Gasteiger partial charge in [-0.15, -0.1) is 11.8 Å². The van der Waals surface area contributed by atoms with Crippen molar-refractivity contribution in [3.8, 4) is 0 Å². The molecule has 1 aromatic carbocycles. The Morgan fingerprint density at radius 3 is 2.58 bits per heavy atom. The Bertz CT molecular complexity index is 526. The summed E-state index contributed by atoms with van der Waals surface area (Å²) in [5.74, 6) is -2.19. The van der Waals surface area contributed by atoms with Crippen LogP contribution in [0.25, 0.3) is 0 Å². The lowest BCUT2D eigenvalue weighted by Crippen LogP contribution is -2.32. The van der Waals surface area contributed by atoms with Gasteiger partial charge in [0.1, 0.15) is 0 Å². The summed E-state index contributed by atoms with van der Waals surface area (Å²) in [6.07, 6.45) is 0.0324. The fourth-order valence-electron chi connectivity index (χ4n) is 1.87. The van der Waals surface area contributed by atoms with E-state index in [2.05, 4.69) is 0 Å². The van der Waals surface area contributed by atoms with E-state index in [0.717, 1.165) is 22.2 Å². The Morgan fingerprint density at radius 2 is 2.00 bits per heavy atom. The standard InChI is InChI=1S/C13H13NO4S/c1-8-2-4-9(5-3-8)14-11(15)6-10(13(14)18)19-7-12(16)17/h2-5,10H,6-7H2,1H3,(H,16,17)/p-1. The normalized spacial score (nSPS) is 19.0. The van der Waals surface area contributed by atoms with Gasteiger partial charge in [-0.05, 0) is 19.1 Å². The SMILES string of the molecule is Cc1ccc(N2C(=O)CC(SCC(=O)[O-])C2=O)cc1. The van der Waals surface area contributed by atoms with Crippen LogP contribution < -0.4 is 10.0 Å². The molecular formula is C13H12NO4S-. The molecule has 5 nitrogen and oxygen atoms in total. The third-order valence-electron chi connectivity index (χ3n) is 2.80. The van der Waals surface area contributed by atoms with Crippen LogP contribution in [0.4, 0.5) is 5.69 Å². The summed E-state index contributed by atoms with van der Waals surface area (Å²) in [6, 6.07) is 7.04. The van der Waals surface area contributed by atoms with Crippen LogP contribution in [0.5, 0.6) is 0 Å². The van der Waals surface area contributed by atoms with Crippen molar-refractivity contribution in [1.29, 1.82) is 0 Å². The largest absolute Gasteiger partial charge is 0.549 e. The van der Waals surface area contributed by atoms with Crippen LogP contribution in [0.1, 0.15) is 12.0 Å². The molecule has 1 unspecified atom stereocenters. The quantitative estimate of drug-likeness (QED) is 0.731. The molecule has 1 aromatic rings. The summed E-state index contributed by atoms with van der Waals surface area (Å²) in [6.45, 7) is 1.91. The number of benzene rings is 1. The van der Waals surface area contributed by atoms with E-state index in [9.17, 15) is 19.5 Å². The summed E-state index contributed by atoms with van der Waals surface area (Å²) < 4.78 is 0. The molecule has 0 radical (unpaired) electrons. The van der Waals surface area contributed by atoms with E-state index in [4.69, 9.17) is 0 Å². The molecule has 2 rings (SSSR count). The number of carboxylic acid groups (broad SMARTS) is 1. The van der Waals surface area contributed by atoms with Gasteiger partial charge in [-0.3, -0.25) is 9.59 Å². The van der Waals surface area contributed by atoms with Gasteiger partial charge in [0.2, 0.25) is 11.8 Å². The second-order valence-electron chi connectivity index (χ2n) is 4.28. The van der Waals surface area contributed by atoms with Crippen LogP contribution in [-0.2, 0) is 14.4 Å². The number of carbonyl (C=O) groups is 3. The van der Waals surface area contributed by atoms with Gasteiger partial charge < -0.3 is 9.90 Å².